The van der Waals surface area contributed by atoms with Crippen LogP contribution in [0.25, 0.3) is 10.9 Å². The van der Waals surface area contributed by atoms with Gasteiger partial charge < -0.3 is 4.74 Å². The minimum Gasteiger partial charge on any atom is -0.487 e. The highest BCUT2D eigenvalue weighted by atomic mass is 32.2. The Labute approximate surface area is 157 Å². The third-order valence-corrected chi connectivity index (χ3v) is 6.63. The molecule has 1 unspecified atom stereocenters. The van der Waals surface area contributed by atoms with Crippen LogP contribution in [0, 0.1) is 12.7 Å². The number of rotatable bonds is 4. The summed E-state index contributed by atoms with van der Waals surface area (Å²) in [6.45, 7) is 2.17. The zero-order valence-electron chi connectivity index (χ0n) is 14.8. The van der Waals surface area contributed by atoms with Gasteiger partial charge >= 0.3 is 0 Å². The first-order valence-electron chi connectivity index (χ1n) is 8.72. The summed E-state index contributed by atoms with van der Waals surface area (Å²) >= 11 is 0. The lowest BCUT2D eigenvalue weighted by Gasteiger charge is -2.18. The molecule has 0 saturated carbocycles. The molecule has 1 atom stereocenters. The van der Waals surface area contributed by atoms with Crippen molar-refractivity contribution in [1.82, 2.24) is 9.29 Å². The standard InChI is InChI=1S/C20H19FN2O3S/c1-14-12-17(7-8-18(14)21)27(24,25)23-11-9-16(13-23)26-19-6-2-4-15-5-3-10-22-20(15)19/h2-8,10,12,16H,9,11,13H2,1H3. The molecule has 1 saturated heterocycles. The monoisotopic (exact) mass is 386 g/mol. The van der Waals surface area contributed by atoms with Crippen LogP contribution in [0.15, 0.2) is 59.6 Å². The number of nitrogens with zero attached hydrogens (tertiary/aromatic N) is 2. The first-order valence-corrected chi connectivity index (χ1v) is 10.2. The fraction of sp³-hybridized carbons (Fsp3) is 0.250. The molecule has 2 aromatic carbocycles. The summed E-state index contributed by atoms with van der Waals surface area (Å²) in [4.78, 5) is 4.47. The topological polar surface area (TPSA) is 59.5 Å². The smallest absolute Gasteiger partial charge is 0.243 e. The van der Waals surface area contributed by atoms with E-state index < -0.39 is 15.8 Å². The average Bonchev–Trinajstić information content (AvgIpc) is 3.14. The Balaban J connectivity index is 1.53. The Morgan fingerprint density at radius 1 is 1.19 bits per heavy atom. The number of pyridine rings is 1. The van der Waals surface area contributed by atoms with Gasteiger partial charge in [0.25, 0.3) is 0 Å². The molecule has 0 aliphatic carbocycles. The van der Waals surface area contributed by atoms with Gasteiger partial charge in [-0.3, -0.25) is 4.98 Å². The van der Waals surface area contributed by atoms with E-state index in [0.717, 1.165) is 10.9 Å². The first-order chi connectivity index (χ1) is 12.9. The van der Waals surface area contributed by atoms with Crippen molar-refractivity contribution in [2.24, 2.45) is 0 Å². The molecule has 0 radical (unpaired) electrons. The number of hydrogen-bond acceptors (Lipinski definition) is 4. The van der Waals surface area contributed by atoms with Crippen molar-refractivity contribution in [2.45, 2.75) is 24.3 Å². The maximum Gasteiger partial charge on any atom is 0.243 e. The molecule has 3 aromatic rings. The molecular formula is C20H19FN2O3S. The zero-order valence-corrected chi connectivity index (χ0v) is 15.6. The van der Waals surface area contributed by atoms with Gasteiger partial charge in [-0.15, -0.1) is 0 Å². The second-order valence-corrected chi connectivity index (χ2v) is 8.57. The van der Waals surface area contributed by atoms with Crippen LogP contribution in [0.1, 0.15) is 12.0 Å². The predicted octanol–water partition coefficient (Wildman–Crippen LogP) is 3.52. The van der Waals surface area contributed by atoms with E-state index in [1.54, 1.807) is 13.1 Å². The molecule has 0 spiro atoms. The van der Waals surface area contributed by atoms with Crippen LogP contribution in [-0.2, 0) is 10.0 Å². The molecule has 7 heteroatoms. The third kappa shape index (κ3) is 3.40. The van der Waals surface area contributed by atoms with Crippen LogP contribution in [0.3, 0.4) is 0 Å². The van der Waals surface area contributed by atoms with E-state index in [1.165, 1.54) is 22.5 Å². The molecule has 5 nitrogen and oxygen atoms in total. The SMILES string of the molecule is Cc1cc(S(=O)(=O)N2CCC(Oc3cccc4cccnc34)C2)ccc1F. The van der Waals surface area contributed by atoms with E-state index in [9.17, 15) is 12.8 Å². The number of aromatic nitrogens is 1. The summed E-state index contributed by atoms with van der Waals surface area (Å²) in [6.07, 6.45) is 2.04. The molecule has 0 N–H and O–H groups in total. The summed E-state index contributed by atoms with van der Waals surface area (Å²) in [7, 11) is -3.67. The van der Waals surface area contributed by atoms with Gasteiger partial charge in [-0.2, -0.15) is 4.31 Å². The molecule has 1 fully saturated rings. The molecule has 1 aliphatic rings. The lowest BCUT2D eigenvalue weighted by molar-refractivity contribution is 0.218. The van der Waals surface area contributed by atoms with Crippen molar-refractivity contribution in [3.05, 3.63) is 66.1 Å². The van der Waals surface area contributed by atoms with Gasteiger partial charge in [0.1, 0.15) is 23.2 Å². The number of sulfonamides is 1. The van der Waals surface area contributed by atoms with Gasteiger partial charge in [-0.1, -0.05) is 18.2 Å². The summed E-state index contributed by atoms with van der Waals surface area (Å²) in [6, 6.07) is 13.4. The van der Waals surface area contributed by atoms with Crippen LogP contribution in [0.4, 0.5) is 4.39 Å². The number of ether oxygens (including phenoxy) is 1. The Kier molecular flexibility index (Phi) is 4.57. The number of benzene rings is 2. The molecule has 4 rings (SSSR count). The highest BCUT2D eigenvalue weighted by Crippen LogP contribution is 2.28. The number of halogens is 1. The van der Waals surface area contributed by atoms with Gasteiger partial charge in [0.15, 0.2) is 0 Å². The largest absolute Gasteiger partial charge is 0.487 e. The molecule has 0 amide bonds. The first kappa shape index (κ1) is 17.9. The Hall–Kier alpha value is -2.51. The lowest BCUT2D eigenvalue weighted by Crippen LogP contribution is -2.31. The van der Waals surface area contributed by atoms with Gasteiger partial charge in [0.2, 0.25) is 10.0 Å². The van der Waals surface area contributed by atoms with Crippen molar-refractivity contribution < 1.29 is 17.5 Å². The number of hydrogen-bond donors (Lipinski definition) is 0. The number of fused-ring (bicyclic) bond motifs is 1. The maximum absolute atomic E-state index is 13.5. The van der Waals surface area contributed by atoms with Crippen molar-refractivity contribution in [1.29, 1.82) is 0 Å². The predicted molar refractivity (Wildman–Crippen MR) is 101 cm³/mol. The second-order valence-electron chi connectivity index (χ2n) is 6.63. The van der Waals surface area contributed by atoms with Crippen LogP contribution in [0.2, 0.25) is 0 Å². The fourth-order valence-corrected chi connectivity index (χ4v) is 4.86. The van der Waals surface area contributed by atoms with E-state index in [2.05, 4.69) is 4.98 Å². The van der Waals surface area contributed by atoms with E-state index >= 15 is 0 Å². The van der Waals surface area contributed by atoms with Crippen LogP contribution < -0.4 is 4.74 Å². The summed E-state index contributed by atoms with van der Waals surface area (Å²) in [5, 5.41) is 0.972. The van der Waals surface area contributed by atoms with E-state index in [-0.39, 0.29) is 17.5 Å². The van der Waals surface area contributed by atoms with Crippen molar-refractivity contribution in [3.63, 3.8) is 0 Å². The molecule has 140 valence electrons. The van der Waals surface area contributed by atoms with Crippen molar-refractivity contribution in [3.8, 4) is 5.75 Å². The molecule has 1 aliphatic heterocycles. The quantitative estimate of drug-likeness (QED) is 0.688. The van der Waals surface area contributed by atoms with Crippen molar-refractivity contribution >= 4 is 20.9 Å². The molecule has 2 heterocycles. The van der Waals surface area contributed by atoms with Gasteiger partial charge in [0, 0.05) is 18.1 Å². The van der Waals surface area contributed by atoms with E-state index in [0.29, 0.717) is 24.3 Å². The highest BCUT2D eigenvalue weighted by molar-refractivity contribution is 7.89. The average molecular weight is 386 g/mol. The van der Waals surface area contributed by atoms with E-state index in [1.807, 2.05) is 30.3 Å². The minimum absolute atomic E-state index is 0.105. The van der Waals surface area contributed by atoms with Gasteiger partial charge in [-0.25, -0.2) is 12.8 Å². The second kappa shape index (κ2) is 6.90. The summed E-state index contributed by atoms with van der Waals surface area (Å²) < 4.78 is 46.6. The van der Waals surface area contributed by atoms with Crippen LogP contribution in [0.5, 0.6) is 5.75 Å². The van der Waals surface area contributed by atoms with E-state index in [4.69, 9.17) is 4.74 Å². The van der Waals surface area contributed by atoms with Crippen LogP contribution in [-0.4, -0.2) is 36.9 Å². The highest BCUT2D eigenvalue weighted by Gasteiger charge is 2.34. The number of aryl methyl sites for hydroxylation is 1. The van der Waals surface area contributed by atoms with Crippen molar-refractivity contribution in [2.75, 3.05) is 13.1 Å². The Morgan fingerprint density at radius 2 is 2.00 bits per heavy atom. The normalized spacial score (nSPS) is 18.1. The Morgan fingerprint density at radius 3 is 2.81 bits per heavy atom. The Bertz CT molecular complexity index is 1100. The lowest BCUT2D eigenvalue weighted by atomic mass is 10.2. The number of para-hydroxylation sites is 1. The fourth-order valence-electron chi connectivity index (χ4n) is 3.29. The summed E-state index contributed by atoms with van der Waals surface area (Å²) in [5.41, 5.74) is 1.07. The zero-order chi connectivity index (χ0) is 19.0. The maximum atomic E-state index is 13.5. The van der Waals surface area contributed by atoms with Gasteiger partial charge in [-0.05, 0) is 49.2 Å². The molecule has 27 heavy (non-hydrogen) atoms. The molecular weight excluding hydrogens is 367 g/mol. The van der Waals surface area contributed by atoms with Gasteiger partial charge in [0.05, 0.1) is 11.4 Å². The third-order valence-electron chi connectivity index (χ3n) is 4.76. The summed E-state index contributed by atoms with van der Waals surface area (Å²) in [5.74, 6) is 0.231. The molecule has 0 bridgehead atoms. The molecule has 1 aromatic heterocycles. The van der Waals surface area contributed by atoms with Crippen LogP contribution >= 0.6 is 0 Å². The minimum atomic E-state index is -3.67.